The van der Waals surface area contributed by atoms with Crippen molar-refractivity contribution >= 4 is 5.82 Å². The van der Waals surface area contributed by atoms with Crippen LogP contribution in [0.5, 0.6) is 0 Å². The van der Waals surface area contributed by atoms with E-state index < -0.39 is 0 Å². The molecule has 0 aromatic carbocycles. The molecule has 16 heavy (non-hydrogen) atoms. The molecule has 0 saturated heterocycles. The summed E-state index contributed by atoms with van der Waals surface area (Å²) in [6.07, 6.45) is 7.07. The summed E-state index contributed by atoms with van der Waals surface area (Å²) in [5.41, 5.74) is 0.354. The highest BCUT2D eigenvalue weighted by molar-refractivity contribution is 5.33. The molecule has 1 rings (SSSR count). The Morgan fingerprint density at radius 3 is 2.69 bits per heavy atom. The molecule has 1 heterocycles. The van der Waals surface area contributed by atoms with Crippen molar-refractivity contribution in [2.45, 2.75) is 46.5 Å². The Morgan fingerprint density at radius 1 is 1.25 bits per heavy atom. The first kappa shape index (κ1) is 13.0. The molecule has 0 unspecified atom stereocenters. The van der Waals surface area contributed by atoms with Crippen molar-refractivity contribution in [2.75, 3.05) is 11.9 Å². The van der Waals surface area contributed by atoms with E-state index in [2.05, 4.69) is 31.1 Å². The molecule has 2 nitrogen and oxygen atoms in total. The van der Waals surface area contributed by atoms with Crippen molar-refractivity contribution in [1.82, 2.24) is 4.98 Å². The zero-order valence-electron chi connectivity index (χ0n) is 10.8. The summed E-state index contributed by atoms with van der Waals surface area (Å²) >= 11 is 0. The second kappa shape index (κ2) is 6.51. The number of hydrogen-bond donors (Lipinski definition) is 1. The monoisotopic (exact) mass is 220 g/mol. The lowest BCUT2D eigenvalue weighted by Crippen LogP contribution is -2.23. The van der Waals surface area contributed by atoms with Crippen LogP contribution in [0.1, 0.15) is 46.5 Å². The molecule has 1 aromatic heterocycles. The summed E-state index contributed by atoms with van der Waals surface area (Å²) in [5, 5.41) is 3.40. The van der Waals surface area contributed by atoms with Gasteiger partial charge in [-0.25, -0.2) is 4.98 Å². The van der Waals surface area contributed by atoms with E-state index >= 15 is 0 Å². The van der Waals surface area contributed by atoms with Crippen molar-refractivity contribution in [1.29, 1.82) is 0 Å². The van der Waals surface area contributed by atoms with Gasteiger partial charge in [-0.3, -0.25) is 0 Å². The van der Waals surface area contributed by atoms with E-state index in [0.717, 1.165) is 12.4 Å². The zero-order valence-corrected chi connectivity index (χ0v) is 10.8. The number of unbranched alkanes of at least 4 members (excludes halogenated alkanes) is 2. The standard InChI is InChI=1S/C14H24N2/c1-4-5-7-10-14(2,3)12-16-13-9-6-8-11-15-13/h6,8-9,11H,4-5,7,10,12H2,1-3H3,(H,15,16). The highest BCUT2D eigenvalue weighted by atomic mass is 15.0. The van der Waals surface area contributed by atoms with Crippen LogP contribution in [0, 0.1) is 5.41 Å². The molecule has 0 aliphatic rings. The third kappa shape index (κ3) is 5.15. The van der Waals surface area contributed by atoms with Crippen molar-refractivity contribution in [3.63, 3.8) is 0 Å². The molecule has 0 amide bonds. The van der Waals surface area contributed by atoms with E-state index in [-0.39, 0.29) is 0 Å². The third-order valence-electron chi connectivity index (χ3n) is 2.87. The van der Waals surface area contributed by atoms with Crippen molar-refractivity contribution in [2.24, 2.45) is 5.41 Å². The Morgan fingerprint density at radius 2 is 2.06 bits per heavy atom. The van der Waals surface area contributed by atoms with E-state index in [9.17, 15) is 0 Å². The van der Waals surface area contributed by atoms with Crippen molar-refractivity contribution in [3.8, 4) is 0 Å². The quantitative estimate of drug-likeness (QED) is 0.700. The van der Waals surface area contributed by atoms with Gasteiger partial charge in [0.2, 0.25) is 0 Å². The van der Waals surface area contributed by atoms with E-state index in [1.165, 1.54) is 25.7 Å². The molecule has 90 valence electrons. The summed E-state index contributed by atoms with van der Waals surface area (Å²) in [4.78, 5) is 4.27. The Balaban J connectivity index is 2.30. The van der Waals surface area contributed by atoms with E-state index in [1.807, 2.05) is 24.4 Å². The van der Waals surface area contributed by atoms with Gasteiger partial charge in [-0.05, 0) is 24.0 Å². The Hall–Kier alpha value is -1.05. The molecule has 0 bridgehead atoms. The van der Waals surface area contributed by atoms with E-state index in [0.29, 0.717) is 5.41 Å². The maximum absolute atomic E-state index is 4.27. The Bertz CT molecular complexity index is 280. The Kier molecular flexibility index (Phi) is 5.30. The average Bonchev–Trinajstić information content (AvgIpc) is 2.28. The topological polar surface area (TPSA) is 24.9 Å². The summed E-state index contributed by atoms with van der Waals surface area (Å²) in [6, 6.07) is 5.97. The SMILES string of the molecule is CCCCCC(C)(C)CNc1ccccn1. The number of anilines is 1. The summed E-state index contributed by atoms with van der Waals surface area (Å²) < 4.78 is 0. The minimum atomic E-state index is 0.354. The number of hydrogen-bond acceptors (Lipinski definition) is 2. The molecule has 0 fully saturated rings. The van der Waals surface area contributed by atoms with Crippen LogP contribution in [0.15, 0.2) is 24.4 Å². The Labute approximate surface area is 99.5 Å². The number of pyridine rings is 1. The first-order valence-corrected chi connectivity index (χ1v) is 6.29. The van der Waals surface area contributed by atoms with Crippen LogP contribution in [0.25, 0.3) is 0 Å². The minimum Gasteiger partial charge on any atom is -0.370 e. The highest BCUT2D eigenvalue weighted by Gasteiger charge is 2.16. The molecule has 0 saturated carbocycles. The third-order valence-corrected chi connectivity index (χ3v) is 2.87. The maximum atomic E-state index is 4.27. The lowest BCUT2D eigenvalue weighted by molar-refractivity contribution is 0.342. The van der Waals surface area contributed by atoms with Gasteiger partial charge in [0.15, 0.2) is 0 Å². The predicted octanol–water partition coefficient (Wildman–Crippen LogP) is 4.10. The first-order valence-electron chi connectivity index (χ1n) is 6.29. The molecule has 1 aromatic rings. The van der Waals surface area contributed by atoms with Crippen LogP contribution >= 0.6 is 0 Å². The van der Waals surface area contributed by atoms with Gasteiger partial charge >= 0.3 is 0 Å². The largest absolute Gasteiger partial charge is 0.370 e. The maximum Gasteiger partial charge on any atom is 0.125 e. The van der Waals surface area contributed by atoms with Crippen LogP contribution < -0.4 is 5.32 Å². The predicted molar refractivity (Wildman–Crippen MR) is 70.6 cm³/mol. The number of nitrogens with zero attached hydrogens (tertiary/aromatic N) is 1. The van der Waals surface area contributed by atoms with Crippen molar-refractivity contribution in [3.05, 3.63) is 24.4 Å². The van der Waals surface area contributed by atoms with Crippen LogP contribution in [0.4, 0.5) is 5.82 Å². The normalized spacial score (nSPS) is 11.4. The fraction of sp³-hybridized carbons (Fsp3) is 0.643. The number of aromatic nitrogens is 1. The fourth-order valence-electron chi connectivity index (χ4n) is 1.74. The van der Waals surface area contributed by atoms with Gasteiger partial charge in [0.25, 0.3) is 0 Å². The molecule has 0 aliphatic carbocycles. The summed E-state index contributed by atoms with van der Waals surface area (Å²) in [6.45, 7) is 7.88. The summed E-state index contributed by atoms with van der Waals surface area (Å²) in [5.74, 6) is 0.978. The first-order chi connectivity index (χ1) is 7.64. The molecule has 2 heteroatoms. The van der Waals surface area contributed by atoms with Crippen LogP contribution in [-0.2, 0) is 0 Å². The van der Waals surface area contributed by atoms with Gasteiger partial charge in [-0.2, -0.15) is 0 Å². The van der Waals surface area contributed by atoms with Crippen LogP contribution in [0.2, 0.25) is 0 Å². The van der Waals surface area contributed by atoms with Crippen molar-refractivity contribution < 1.29 is 0 Å². The minimum absolute atomic E-state index is 0.354. The smallest absolute Gasteiger partial charge is 0.125 e. The molecule has 1 N–H and O–H groups in total. The van der Waals surface area contributed by atoms with Crippen LogP contribution in [0.3, 0.4) is 0 Å². The molecule has 0 aliphatic heterocycles. The molecule has 0 spiro atoms. The van der Waals surface area contributed by atoms with Gasteiger partial charge in [0.1, 0.15) is 5.82 Å². The molecule has 0 radical (unpaired) electrons. The van der Waals surface area contributed by atoms with E-state index in [4.69, 9.17) is 0 Å². The number of rotatable bonds is 7. The average molecular weight is 220 g/mol. The molecular formula is C14H24N2. The lowest BCUT2D eigenvalue weighted by atomic mass is 9.87. The van der Waals surface area contributed by atoms with Gasteiger partial charge < -0.3 is 5.32 Å². The zero-order chi connectivity index (χ0) is 11.9. The van der Waals surface area contributed by atoms with Crippen LogP contribution in [-0.4, -0.2) is 11.5 Å². The molecular weight excluding hydrogens is 196 g/mol. The van der Waals surface area contributed by atoms with Gasteiger partial charge in [0.05, 0.1) is 0 Å². The second-order valence-electron chi connectivity index (χ2n) is 5.19. The second-order valence-corrected chi connectivity index (χ2v) is 5.19. The van der Waals surface area contributed by atoms with E-state index in [1.54, 1.807) is 0 Å². The fourth-order valence-corrected chi connectivity index (χ4v) is 1.74. The highest BCUT2D eigenvalue weighted by Crippen LogP contribution is 2.23. The lowest BCUT2D eigenvalue weighted by Gasteiger charge is -2.25. The molecule has 0 atom stereocenters. The summed E-state index contributed by atoms with van der Waals surface area (Å²) in [7, 11) is 0. The van der Waals surface area contributed by atoms with Gasteiger partial charge in [0, 0.05) is 12.7 Å². The number of nitrogens with one attached hydrogen (secondary N) is 1. The van der Waals surface area contributed by atoms with Gasteiger partial charge in [-0.15, -0.1) is 0 Å². The van der Waals surface area contributed by atoms with Gasteiger partial charge in [-0.1, -0.05) is 46.1 Å².